The highest BCUT2D eigenvalue weighted by atomic mass is 35.5. The maximum Gasteiger partial charge on any atom is 0.252 e. The third kappa shape index (κ3) is 11.4. The smallest absolute Gasteiger partial charge is 0.252 e. The molecule has 3 aromatic rings. The number of hydrogen-bond acceptors (Lipinski definition) is 6. The molecule has 1 amide bonds. The van der Waals surface area contributed by atoms with Gasteiger partial charge < -0.3 is 5.32 Å². The molecule has 0 radical (unpaired) electrons. The minimum atomic E-state index is -0.0691. The van der Waals surface area contributed by atoms with Gasteiger partial charge in [-0.3, -0.25) is 9.78 Å². The number of amides is 1. The SMILES string of the molecule is CC(C)(CCS)CNC(=O)c1cccnc1.Clc1cc(Cl)c(SOSc2c(Cl)cc(Cl)cc2Cl)c(Cl)c1. The molecule has 3 rings (SSSR count). The Hall–Kier alpha value is -0.190. The maximum absolute atomic E-state index is 11.7. The van der Waals surface area contributed by atoms with Gasteiger partial charge in [-0.2, -0.15) is 12.6 Å². The fraction of sp³-hybridized carbons (Fsp3) is 0.250. The van der Waals surface area contributed by atoms with Gasteiger partial charge in [-0.1, -0.05) is 83.5 Å². The van der Waals surface area contributed by atoms with Crippen molar-refractivity contribution in [2.24, 2.45) is 5.41 Å². The molecule has 0 fully saturated rings. The molecule has 4 nitrogen and oxygen atoms in total. The van der Waals surface area contributed by atoms with E-state index < -0.39 is 0 Å². The van der Waals surface area contributed by atoms with E-state index in [2.05, 4.69) is 36.8 Å². The Balaban J connectivity index is 0.000000271. The van der Waals surface area contributed by atoms with Gasteiger partial charge in [0.2, 0.25) is 0 Å². The van der Waals surface area contributed by atoms with Crippen LogP contribution >= 0.6 is 106 Å². The van der Waals surface area contributed by atoms with Gasteiger partial charge in [-0.25, -0.2) is 3.63 Å². The lowest BCUT2D eigenvalue weighted by atomic mass is 9.90. The highest BCUT2D eigenvalue weighted by molar-refractivity contribution is 8.08. The normalized spacial score (nSPS) is 11.1. The van der Waals surface area contributed by atoms with Gasteiger partial charge in [0.15, 0.2) is 0 Å². The van der Waals surface area contributed by atoms with Crippen LogP contribution in [0, 0.1) is 5.41 Å². The Labute approximate surface area is 261 Å². The van der Waals surface area contributed by atoms with E-state index in [0.717, 1.165) is 36.3 Å². The number of aromatic nitrogens is 1. The minimum Gasteiger partial charge on any atom is -0.351 e. The Bertz CT molecular complexity index is 1100. The predicted molar refractivity (Wildman–Crippen MR) is 165 cm³/mol. The van der Waals surface area contributed by atoms with Crippen molar-refractivity contribution in [3.8, 4) is 0 Å². The van der Waals surface area contributed by atoms with Crippen molar-refractivity contribution in [3.05, 3.63) is 84.5 Å². The van der Waals surface area contributed by atoms with Crippen LogP contribution in [0.15, 0.2) is 58.6 Å². The highest BCUT2D eigenvalue weighted by Gasteiger charge is 2.18. The van der Waals surface area contributed by atoms with Gasteiger partial charge in [-0.15, -0.1) is 0 Å². The molecule has 0 atom stereocenters. The van der Waals surface area contributed by atoms with Crippen LogP contribution in [0.4, 0.5) is 0 Å². The fourth-order valence-electron chi connectivity index (χ4n) is 2.61. The Morgan fingerprint density at radius 2 is 1.43 bits per heavy atom. The van der Waals surface area contributed by atoms with E-state index in [4.69, 9.17) is 73.2 Å². The van der Waals surface area contributed by atoms with Crippen LogP contribution in [0.3, 0.4) is 0 Å². The molecule has 37 heavy (non-hydrogen) atoms. The number of pyridine rings is 1. The number of carbonyl (C=O) groups excluding carboxylic acids is 1. The number of thiol groups is 1. The number of nitrogens with zero attached hydrogens (tertiary/aromatic N) is 1. The van der Waals surface area contributed by atoms with E-state index in [9.17, 15) is 4.79 Å². The molecule has 0 aliphatic heterocycles. The zero-order chi connectivity index (χ0) is 27.6. The summed E-state index contributed by atoms with van der Waals surface area (Å²) in [5.74, 6) is 0.760. The first-order valence-electron chi connectivity index (χ1n) is 10.5. The van der Waals surface area contributed by atoms with E-state index in [1.54, 1.807) is 48.8 Å². The van der Waals surface area contributed by atoms with Crippen LogP contribution in [-0.4, -0.2) is 23.2 Å². The first-order chi connectivity index (χ1) is 17.4. The van der Waals surface area contributed by atoms with Crippen LogP contribution in [0.1, 0.15) is 30.6 Å². The number of nitrogens with one attached hydrogen (secondary N) is 1. The quantitative estimate of drug-likeness (QED) is 0.174. The Morgan fingerprint density at radius 1 is 0.946 bits per heavy atom. The summed E-state index contributed by atoms with van der Waals surface area (Å²) in [7, 11) is 0. The first kappa shape index (κ1) is 33.0. The van der Waals surface area contributed by atoms with Crippen molar-refractivity contribution in [3.63, 3.8) is 0 Å². The number of benzene rings is 2. The lowest BCUT2D eigenvalue weighted by Crippen LogP contribution is -2.34. The molecule has 0 saturated heterocycles. The number of hydrogen-bond donors (Lipinski definition) is 2. The van der Waals surface area contributed by atoms with Crippen molar-refractivity contribution in [2.45, 2.75) is 30.1 Å². The monoisotopic (exact) mass is 676 g/mol. The largest absolute Gasteiger partial charge is 0.351 e. The summed E-state index contributed by atoms with van der Waals surface area (Å²) >= 11 is 42.1. The van der Waals surface area contributed by atoms with Crippen molar-refractivity contribution in [1.82, 2.24) is 10.3 Å². The summed E-state index contributed by atoms with van der Waals surface area (Å²) in [6.07, 6.45) is 4.20. The zero-order valence-corrected chi connectivity index (χ0v) is 26.6. The molecule has 1 heterocycles. The lowest BCUT2D eigenvalue weighted by molar-refractivity contribution is 0.0935. The number of halogens is 6. The first-order valence-corrected chi connectivity index (χ1v) is 14.9. The average Bonchev–Trinajstić information content (AvgIpc) is 2.81. The van der Waals surface area contributed by atoms with Gasteiger partial charge in [0, 0.05) is 53.1 Å². The molecular weight excluding hydrogens is 657 g/mol. The molecule has 0 aliphatic rings. The molecule has 0 spiro atoms. The van der Waals surface area contributed by atoms with Crippen molar-refractivity contribution < 1.29 is 8.42 Å². The Morgan fingerprint density at radius 3 is 1.84 bits per heavy atom. The van der Waals surface area contributed by atoms with E-state index in [0.29, 0.717) is 52.0 Å². The van der Waals surface area contributed by atoms with Crippen molar-refractivity contribution >= 4 is 112 Å². The second kappa shape index (κ2) is 16.2. The molecule has 1 N–H and O–H groups in total. The zero-order valence-electron chi connectivity index (χ0n) is 19.5. The molecule has 0 saturated carbocycles. The molecule has 0 aliphatic carbocycles. The third-order valence-corrected chi connectivity index (χ3v) is 8.66. The molecule has 1 aromatic heterocycles. The maximum atomic E-state index is 11.7. The summed E-state index contributed by atoms with van der Waals surface area (Å²) in [6.45, 7) is 4.89. The topological polar surface area (TPSA) is 51.2 Å². The van der Waals surface area contributed by atoms with E-state index in [1.165, 1.54) is 0 Å². The van der Waals surface area contributed by atoms with Gasteiger partial charge in [0.1, 0.15) is 0 Å². The molecule has 0 unspecified atom stereocenters. The summed E-state index contributed by atoms with van der Waals surface area (Å²) in [5.41, 5.74) is 0.684. The van der Waals surface area contributed by atoms with Crippen LogP contribution < -0.4 is 5.32 Å². The van der Waals surface area contributed by atoms with Crippen LogP contribution in [0.5, 0.6) is 0 Å². The average molecular weight is 679 g/mol. The summed E-state index contributed by atoms with van der Waals surface area (Å²) in [5, 5.41) is 5.39. The van der Waals surface area contributed by atoms with Gasteiger partial charge in [0.25, 0.3) is 5.91 Å². The van der Waals surface area contributed by atoms with Gasteiger partial charge in [0.05, 0.1) is 35.4 Å². The van der Waals surface area contributed by atoms with E-state index in [-0.39, 0.29) is 11.3 Å². The summed E-state index contributed by atoms with van der Waals surface area (Å²) < 4.78 is 5.42. The molecule has 13 heteroatoms. The molecule has 2 aromatic carbocycles. The van der Waals surface area contributed by atoms with Crippen LogP contribution in [0.2, 0.25) is 30.1 Å². The van der Waals surface area contributed by atoms with E-state index in [1.807, 2.05) is 0 Å². The number of rotatable bonds is 9. The highest BCUT2D eigenvalue weighted by Crippen LogP contribution is 2.43. The predicted octanol–water partition coefficient (Wildman–Crippen LogP) is 10.5. The van der Waals surface area contributed by atoms with Crippen molar-refractivity contribution in [2.75, 3.05) is 12.3 Å². The van der Waals surface area contributed by atoms with Gasteiger partial charge >= 0.3 is 0 Å². The fourth-order valence-corrected chi connectivity index (χ4v) is 6.46. The van der Waals surface area contributed by atoms with E-state index >= 15 is 0 Å². The van der Waals surface area contributed by atoms with Gasteiger partial charge in [-0.05, 0) is 54.0 Å². The molecule has 0 bridgehead atoms. The summed E-state index contributed by atoms with van der Waals surface area (Å²) in [6, 6.07) is 9.82. The second-order valence-corrected chi connectivity index (χ2v) is 12.8. The number of carbonyl (C=O) groups is 1. The minimum absolute atomic E-state index is 0.0691. The second-order valence-electron chi connectivity index (χ2n) is 8.19. The lowest BCUT2D eigenvalue weighted by Gasteiger charge is -2.23. The van der Waals surface area contributed by atoms with Crippen LogP contribution in [0.25, 0.3) is 0 Å². The van der Waals surface area contributed by atoms with Crippen LogP contribution in [-0.2, 0) is 3.63 Å². The molecule has 200 valence electrons. The van der Waals surface area contributed by atoms with Crippen molar-refractivity contribution in [1.29, 1.82) is 0 Å². The standard InChI is InChI=1S/C12H4Cl6OS2.C12H18N2OS/c13-5-1-7(15)11(8(16)2-5)20-19-21-12-9(17)3-6(14)4-10(12)18;1-12(2,5-7-16)9-14-11(15)10-4-3-6-13-8-10/h1-4H;3-4,6,8,16H,5,7,9H2,1-2H3,(H,14,15). The third-order valence-electron chi connectivity index (χ3n) is 4.60. The molecular formula is C24H22Cl6N2O2S3. The Kier molecular flexibility index (Phi) is 14.4. The summed E-state index contributed by atoms with van der Waals surface area (Å²) in [4.78, 5) is 16.7.